The van der Waals surface area contributed by atoms with Gasteiger partial charge < -0.3 is 4.74 Å². The van der Waals surface area contributed by atoms with E-state index in [-0.39, 0.29) is 5.56 Å². The van der Waals surface area contributed by atoms with Crippen molar-refractivity contribution in [2.45, 2.75) is 64.2 Å². The monoisotopic (exact) mass is 402 g/mol. The van der Waals surface area contributed by atoms with Crippen molar-refractivity contribution in [3.05, 3.63) is 65.2 Å². The Labute approximate surface area is 172 Å². The van der Waals surface area contributed by atoms with Crippen molar-refractivity contribution >= 4 is 17.3 Å². The predicted octanol–water partition coefficient (Wildman–Crippen LogP) is 7.84. The molecule has 0 spiro atoms. The number of unbranched alkanes of at least 4 members (excludes halogenated alkanes) is 1. The third-order valence-corrected chi connectivity index (χ3v) is 6.09. The molecule has 1 saturated carbocycles. The molecule has 0 aliphatic heterocycles. The van der Waals surface area contributed by atoms with Crippen LogP contribution in [0.25, 0.3) is 0 Å². The first kappa shape index (κ1) is 20.9. The van der Waals surface area contributed by atoms with Crippen LogP contribution in [-0.4, -0.2) is 5.05 Å². The lowest BCUT2D eigenvalue weighted by Gasteiger charge is -2.28. The second kappa shape index (κ2) is 10.1. The van der Waals surface area contributed by atoms with Gasteiger partial charge >= 0.3 is 0 Å². The van der Waals surface area contributed by atoms with Crippen molar-refractivity contribution in [1.82, 2.24) is 0 Å². The van der Waals surface area contributed by atoms with Gasteiger partial charge in [-0.25, -0.2) is 8.78 Å². The lowest BCUT2D eigenvalue weighted by Crippen LogP contribution is -2.13. The number of thiocarbonyl (C=S) groups is 1. The normalized spacial score (nSPS) is 19.6. The van der Waals surface area contributed by atoms with Crippen LogP contribution in [0.3, 0.4) is 0 Å². The molecule has 0 amide bonds. The highest BCUT2D eigenvalue weighted by Gasteiger charge is 2.22. The van der Waals surface area contributed by atoms with Gasteiger partial charge in [0.1, 0.15) is 5.75 Å². The lowest BCUT2D eigenvalue weighted by atomic mass is 9.77. The van der Waals surface area contributed by atoms with Gasteiger partial charge in [-0.1, -0.05) is 50.5 Å². The third-order valence-electron chi connectivity index (χ3n) is 5.77. The van der Waals surface area contributed by atoms with E-state index in [1.54, 1.807) is 12.1 Å². The Balaban J connectivity index is 1.54. The molecule has 1 fully saturated rings. The lowest BCUT2D eigenvalue weighted by molar-refractivity contribution is 0.151. The maximum absolute atomic E-state index is 12.7. The molecule has 1 aliphatic carbocycles. The van der Waals surface area contributed by atoms with Gasteiger partial charge in [-0.3, -0.25) is 0 Å². The zero-order chi connectivity index (χ0) is 19.9. The Bertz CT molecular complexity index is 747. The van der Waals surface area contributed by atoms with Crippen LogP contribution in [0.5, 0.6) is 5.75 Å². The maximum atomic E-state index is 12.7. The molecule has 0 atom stereocenters. The fourth-order valence-corrected chi connectivity index (χ4v) is 4.25. The molecular weight excluding hydrogens is 374 g/mol. The fourth-order valence-electron chi connectivity index (χ4n) is 4.02. The molecule has 2 aromatic carbocycles. The first-order valence-electron chi connectivity index (χ1n) is 10.3. The van der Waals surface area contributed by atoms with Crippen molar-refractivity contribution in [2.24, 2.45) is 5.92 Å². The number of benzene rings is 2. The second-order valence-corrected chi connectivity index (χ2v) is 8.11. The summed E-state index contributed by atoms with van der Waals surface area (Å²) in [4.78, 5) is 0. The Kier molecular flexibility index (Phi) is 7.55. The number of halogens is 2. The van der Waals surface area contributed by atoms with E-state index >= 15 is 0 Å². The van der Waals surface area contributed by atoms with Gasteiger partial charge in [0.2, 0.25) is 0 Å². The summed E-state index contributed by atoms with van der Waals surface area (Å²) in [6.07, 6.45) is 6.76. The molecule has 0 unspecified atom stereocenters. The first-order chi connectivity index (χ1) is 13.6. The van der Waals surface area contributed by atoms with Crippen molar-refractivity contribution in [1.29, 1.82) is 0 Å². The average molecular weight is 403 g/mol. The van der Waals surface area contributed by atoms with Crippen molar-refractivity contribution in [3.8, 4) is 5.75 Å². The summed E-state index contributed by atoms with van der Waals surface area (Å²) in [5.74, 6) is 2.23. The SMILES string of the molecule is CCCCC1CCC(c2ccc(OC(=S)c3ccc(C(F)F)cc3)cc2)CC1. The number of rotatable bonds is 7. The largest absolute Gasteiger partial charge is 0.445 e. The molecule has 1 aliphatic rings. The van der Waals surface area contributed by atoms with Gasteiger partial charge in [0.05, 0.1) is 0 Å². The summed E-state index contributed by atoms with van der Waals surface area (Å²) >= 11 is 5.31. The van der Waals surface area contributed by atoms with Crippen molar-refractivity contribution < 1.29 is 13.5 Å². The second-order valence-electron chi connectivity index (χ2n) is 7.74. The van der Waals surface area contributed by atoms with Crippen LogP contribution < -0.4 is 4.74 Å². The Morgan fingerprint density at radius 3 is 2.21 bits per heavy atom. The third kappa shape index (κ3) is 5.60. The minimum Gasteiger partial charge on any atom is -0.445 e. The van der Waals surface area contributed by atoms with Crippen LogP contribution in [-0.2, 0) is 0 Å². The smallest absolute Gasteiger partial charge is 0.263 e. The Hall–Kier alpha value is -1.81. The van der Waals surface area contributed by atoms with Gasteiger partial charge in [-0.15, -0.1) is 0 Å². The van der Waals surface area contributed by atoms with E-state index in [4.69, 9.17) is 17.0 Å². The van der Waals surface area contributed by atoms with Gasteiger partial charge in [-0.2, -0.15) is 0 Å². The highest BCUT2D eigenvalue weighted by Crippen LogP contribution is 2.38. The molecule has 0 heterocycles. The summed E-state index contributed by atoms with van der Waals surface area (Å²) < 4.78 is 31.0. The summed E-state index contributed by atoms with van der Waals surface area (Å²) in [6, 6.07) is 14.1. The number of ether oxygens (including phenoxy) is 1. The van der Waals surface area contributed by atoms with Gasteiger partial charge in [0.15, 0.2) is 5.05 Å². The fraction of sp³-hybridized carbons (Fsp3) is 0.458. The van der Waals surface area contributed by atoms with E-state index in [1.807, 2.05) is 12.1 Å². The standard InChI is InChI=1S/C24H28F2OS/c1-2-3-4-17-5-7-18(8-6-17)19-13-15-22(16-14-19)27-24(28)21-11-9-20(10-12-21)23(25)26/h9-18,23H,2-8H2,1H3. The molecule has 150 valence electrons. The van der Waals surface area contributed by atoms with Crippen molar-refractivity contribution in [3.63, 3.8) is 0 Å². The van der Waals surface area contributed by atoms with Crippen LogP contribution in [0, 0.1) is 5.92 Å². The van der Waals surface area contributed by atoms with Crippen LogP contribution in [0.15, 0.2) is 48.5 Å². The molecule has 0 aromatic heterocycles. The van der Waals surface area contributed by atoms with E-state index < -0.39 is 6.43 Å². The molecular formula is C24H28F2OS. The minimum atomic E-state index is -2.47. The number of alkyl halides is 2. The van der Waals surface area contributed by atoms with E-state index in [9.17, 15) is 8.78 Å². The van der Waals surface area contributed by atoms with Gasteiger partial charge in [0, 0.05) is 11.1 Å². The highest BCUT2D eigenvalue weighted by molar-refractivity contribution is 7.80. The first-order valence-corrected chi connectivity index (χ1v) is 10.7. The highest BCUT2D eigenvalue weighted by atomic mass is 32.1. The van der Waals surface area contributed by atoms with Crippen LogP contribution in [0.2, 0.25) is 0 Å². The molecule has 0 radical (unpaired) electrons. The summed E-state index contributed by atoms with van der Waals surface area (Å²) in [6.45, 7) is 2.26. The molecule has 4 heteroatoms. The van der Waals surface area contributed by atoms with E-state index in [0.29, 0.717) is 22.3 Å². The zero-order valence-electron chi connectivity index (χ0n) is 16.4. The van der Waals surface area contributed by atoms with E-state index in [2.05, 4.69) is 19.1 Å². The van der Waals surface area contributed by atoms with Gasteiger partial charge in [0.25, 0.3) is 6.43 Å². The Morgan fingerprint density at radius 1 is 1.00 bits per heavy atom. The van der Waals surface area contributed by atoms with E-state index in [0.717, 1.165) is 5.92 Å². The predicted molar refractivity (Wildman–Crippen MR) is 114 cm³/mol. The van der Waals surface area contributed by atoms with Crippen LogP contribution in [0.1, 0.15) is 80.9 Å². The molecule has 2 aromatic rings. The quantitative estimate of drug-likeness (QED) is 0.436. The molecule has 3 rings (SSSR count). The zero-order valence-corrected chi connectivity index (χ0v) is 17.2. The molecule has 1 nitrogen and oxygen atoms in total. The van der Waals surface area contributed by atoms with Crippen molar-refractivity contribution in [2.75, 3.05) is 0 Å². The molecule has 28 heavy (non-hydrogen) atoms. The van der Waals surface area contributed by atoms with Crippen LogP contribution in [0.4, 0.5) is 8.78 Å². The van der Waals surface area contributed by atoms with Gasteiger partial charge in [-0.05, 0) is 79.6 Å². The molecule has 0 N–H and O–H groups in total. The topological polar surface area (TPSA) is 9.23 Å². The summed E-state index contributed by atoms with van der Waals surface area (Å²) in [7, 11) is 0. The van der Waals surface area contributed by atoms with Crippen LogP contribution >= 0.6 is 12.2 Å². The number of hydrogen-bond donors (Lipinski definition) is 0. The minimum absolute atomic E-state index is 0.0136. The number of hydrogen-bond acceptors (Lipinski definition) is 2. The van der Waals surface area contributed by atoms with E-state index in [1.165, 1.54) is 62.6 Å². The summed E-state index contributed by atoms with van der Waals surface area (Å²) in [5, 5.41) is 0.296. The molecule has 0 saturated heterocycles. The average Bonchev–Trinajstić information content (AvgIpc) is 2.73. The Morgan fingerprint density at radius 2 is 1.64 bits per heavy atom. The summed E-state index contributed by atoms with van der Waals surface area (Å²) in [5.41, 5.74) is 1.99. The molecule has 0 bridgehead atoms. The maximum Gasteiger partial charge on any atom is 0.263 e.